The zero-order valence-electron chi connectivity index (χ0n) is 12.1. The van der Waals surface area contributed by atoms with Crippen LogP contribution in [0.3, 0.4) is 0 Å². The second kappa shape index (κ2) is 6.08. The maximum Gasteiger partial charge on any atom is 0.226 e. The van der Waals surface area contributed by atoms with E-state index in [0.29, 0.717) is 23.9 Å². The lowest BCUT2D eigenvalue weighted by Crippen LogP contribution is -2.11. The van der Waals surface area contributed by atoms with Crippen LogP contribution >= 0.6 is 0 Å². The van der Waals surface area contributed by atoms with E-state index in [-0.39, 0.29) is 12.4 Å². The van der Waals surface area contributed by atoms with Crippen molar-refractivity contribution < 1.29 is 14.1 Å². The van der Waals surface area contributed by atoms with E-state index in [1.165, 1.54) is 0 Å². The maximum absolute atomic E-state index is 11.9. The molecule has 3 rings (SSSR count). The van der Waals surface area contributed by atoms with Crippen LogP contribution < -0.4 is 4.74 Å². The smallest absolute Gasteiger partial charge is 0.226 e. The number of nitrogens with zero attached hydrogens (tertiary/aromatic N) is 2. The Labute approximate surface area is 123 Å². The van der Waals surface area contributed by atoms with Gasteiger partial charge in [-0.05, 0) is 37.0 Å². The van der Waals surface area contributed by atoms with E-state index < -0.39 is 0 Å². The van der Waals surface area contributed by atoms with Crippen molar-refractivity contribution in [2.24, 2.45) is 0 Å². The van der Waals surface area contributed by atoms with Crippen LogP contribution in [-0.2, 0) is 19.4 Å². The van der Waals surface area contributed by atoms with Gasteiger partial charge < -0.3 is 9.26 Å². The first-order chi connectivity index (χ1) is 10.3. The fourth-order valence-electron chi connectivity index (χ4n) is 2.51. The Morgan fingerprint density at radius 2 is 2.24 bits per heavy atom. The number of hydrogen-bond donors (Lipinski definition) is 0. The predicted octanol–water partition coefficient (Wildman–Crippen LogP) is 3.12. The van der Waals surface area contributed by atoms with Gasteiger partial charge in [-0.3, -0.25) is 4.79 Å². The Hall–Kier alpha value is -2.17. The maximum atomic E-state index is 11.9. The fourth-order valence-corrected chi connectivity index (χ4v) is 2.51. The molecule has 0 saturated carbocycles. The molecule has 1 aromatic carbocycles. The van der Waals surface area contributed by atoms with Crippen LogP contribution in [0.1, 0.15) is 53.8 Å². The van der Waals surface area contributed by atoms with Crippen LogP contribution in [0, 0.1) is 0 Å². The summed E-state index contributed by atoms with van der Waals surface area (Å²) in [7, 11) is 0. The molecular weight excluding hydrogens is 268 g/mol. The first-order valence-electron chi connectivity index (χ1n) is 7.36. The van der Waals surface area contributed by atoms with E-state index >= 15 is 0 Å². The molecule has 5 nitrogen and oxygen atoms in total. The lowest BCUT2D eigenvalue weighted by Gasteiger charge is -2.15. The monoisotopic (exact) mass is 286 g/mol. The van der Waals surface area contributed by atoms with Crippen molar-refractivity contribution in [1.29, 1.82) is 0 Å². The van der Waals surface area contributed by atoms with Crippen molar-refractivity contribution in [1.82, 2.24) is 10.1 Å². The summed E-state index contributed by atoms with van der Waals surface area (Å²) in [6, 6.07) is 5.69. The molecule has 1 aliphatic rings. The summed E-state index contributed by atoms with van der Waals surface area (Å²) < 4.78 is 10.8. The second-order valence-electron chi connectivity index (χ2n) is 5.24. The number of aromatic nitrogens is 2. The Bertz CT molecular complexity index is 649. The van der Waals surface area contributed by atoms with Crippen molar-refractivity contribution in [2.45, 2.75) is 45.6 Å². The van der Waals surface area contributed by atoms with Gasteiger partial charge in [0.25, 0.3) is 0 Å². The molecule has 1 aromatic heterocycles. The number of carbonyl (C=O) groups is 1. The van der Waals surface area contributed by atoms with Gasteiger partial charge in [-0.15, -0.1) is 0 Å². The van der Waals surface area contributed by atoms with Gasteiger partial charge >= 0.3 is 0 Å². The third-order valence-corrected chi connectivity index (χ3v) is 3.57. The molecule has 0 amide bonds. The van der Waals surface area contributed by atoms with Gasteiger partial charge in [0, 0.05) is 18.4 Å². The number of ketones is 1. The van der Waals surface area contributed by atoms with E-state index in [9.17, 15) is 4.79 Å². The average molecular weight is 286 g/mol. The number of fused-ring (bicyclic) bond motifs is 1. The zero-order chi connectivity index (χ0) is 14.7. The molecule has 0 N–H and O–H groups in total. The number of aryl methyl sites for hydroxylation is 2. The van der Waals surface area contributed by atoms with Crippen LogP contribution in [0.15, 0.2) is 22.7 Å². The second-order valence-corrected chi connectivity index (χ2v) is 5.24. The molecule has 5 heteroatoms. The molecular formula is C16H18N2O3. The SMILES string of the molecule is CCCc1nc(COc2ccc3c(c2)C(=O)CCC3)no1. The zero-order valence-corrected chi connectivity index (χ0v) is 12.1. The van der Waals surface area contributed by atoms with E-state index in [1.807, 2.05) is 18.2 Å². The van der Waals surface area contributed by atoms with Crippen LogP contribution in [0.2, 0.25) is 0 Å². The highest BCUT2D eigenvalue weighted by Gasteiger charge is 2.17. The highest BCUT2D eigenvalue weighted by Crippen LogP contribution is 2.25. The van der Waals surface area contributed by atoms with E-state index in [1.54, 1.807) is 0 Å². The summed E-state index contributed by atoms with van der Waals surface area (Å²) in [5.74, 6) is 2.04. The first kappa shape index (κ1) is 13.8. The molecule has 0 saturated heterocycles. The molecule has 21 heavy (non-hydrogen) atoms. The van der Waals surface area contributed by atoms with Crippen molar-refractivity contribution in [3.63, 3.8) is 0 Å². The third kappa shape index (κ3) is 3.12. The largest absolute Gasteiger partial charge is 0.485 e. The Kier molecular flexibility index (Phi) is 3.99. The van der Waals surface area contributed by atoms with E-state index in [4.69, 9.17) is 9.26 Å². The van der Waals surface area contributed by atoms with Gasteiger partial charge in [-0.2, -0.15) is 4.98 Å². The van der Waals surface area contributed by atoms with Crippen LogP contribution in [-0.4, -0.2) is 15.9 Å². The summed E-state index contributed by atoms with van der Waals surface area (Å²) >= 11 is 0. The number of carbonyl (C=O) groups excluding carboxylic acids is 1. The van der Waals surface area contributed by atoms with Crippen molar-refractivity contribution >= 4 is 5.78 Å². The summed E-state index contributed by atoms with van der Waals surface area (Å²) in [6.07, 6.45) is 4.28. The number of benzene rings is 1. The summed E-state index contributed by atoms with van der Waals surface area (Å²) in [5.41, 5.74) is 1.90. The molecule has 0 spiro atoms. The quantitative estimate of drug-likeness (QED) is 0.845. The fraction of sp³-hybridized carbons (Fsp3) is 0.438. The third-order valence-electron chi connectivity index (χ3n) is 3.57. The molecule has 0 atom stereocenters. The number of rotatable bonds is 5. The lowest BCUT2D eigenvalue weighted by molar-refractivity contribution is 0.0972. The highest BCUT2D eigenvalue weighted by atomic mass is 16.5. The molecule has 0 fully saturated rings. The van der Waals surface area contributed by atoms with Gasteiger partial charge in [-0.25, -0.2) is 0 Å². The van der Waals surface area contributed by atoms with Gasteiger partial charge in [0.15, 0.2) is 12.4 Å². The van der Waals surface area contributed by atoms with Gasteiger partial charge in [0.05, 0.1) is 0 Å². The minimum absolute atomic E-state index is 0.200. The van der Waals surface area contributed by atoms with Crippen LogP contribution in [0.4, 0.5) is 0 Å². The Morgan fingerprint density at radius 1 is 1.33 bits per heavy atom. The molecule has 0 radical (unpaired) electrons. The molecule has 2 aromatic rings. The molecule has 0 aliphatic heterocycles. The van der Waals surface area contributed by atoms with Crippen molar-refractivity contribution in [3.05, 3.63) is 41.0 Å². The minimum atomic E-state index is 0.200. The average Bonchev–Trinajstić information content (AvgIpc) is 2.94. The van der Waals surface area contributed by atoms with Gasteiger partial charge in [0.2, 0.25) is 11.7 Å². The van der Waals surface area contributed by atoms with Crippen molar-refractivity contribution in [2.75, 3.05) is 0 Å². The highest BCUT2D eigenvalue weighted by molar-refractivity contribution is 5.98. The molecule has 1 aliphatic carbocycles. The topological polar surface area (TPSA) is 65.2 Å². The lowest BCUT2D eigenvalue weighted by atomic mass is 9.90. The number of hydrogen-bond acceptors (Lipinski definition) is 5. The Morgan fingerprint density at radius 3 is 3.10 bits per heavy atom. The van der Waals surface area contributed by atoms with Gasteiger partial charge in [0.1, 0.15) is 5.75 Å². The predicted molar refractivity (Wildman–Crippen MR) is 76.3 cm³/mol. The van der Waals surface area contributed by atoms with Crippen LogP contribution in [0.25, 0.3) is 0 Å². The summed E-state index contributed by atoms with van der Waals surface area (Å²) in [4.78, 5) is 16.1. The van der Waals surface area contributed by atoms with Gasteiger partial charge in [-0.1, -0.05) is 18.1 Å². The molecule has 0 bridgehead atoms. The minimum Gasteiger partial charge on any atom is -0.485 e. The van der Waals surface area contributed by atoms with Crippen LogP contribution in [0.5, 0.6) is 5.75 Å². The van der Waals surface area contributed by atoms with E-state index in [2.05, 4.69) is 17.1 Å². The molecule has 1 heterocycles. The normalized spacial score (nSPS) is 14.0. The molecule has 0 unspecified atom stereocenters. The Balaban J connectivity index is 1.67. The van der Waals surface area contributed by atoms with E-state index in [0.717, 1.165) is 36.8 Å². The molecule has 110 valence electrons. The summed E-state index contributed by atoms with van der Waals surface area (Å²) in [5, 5.41) is 3.87. The standard InChI is InChI=1S/C16H18N2O3/c1-2-4-16-17-15(18-21-16)10-20-12-8-7-11-5-3-6-14(19)13(11)9-12/h7-9H,2-6,10H2,1H3. The van der Waals surface area contributed by atoms with Crippen molar-refractivity contribution in [3.8, 4) is 5.75 Å². The first-order valence-corrected chi connectivity index (χ1v) is 7.36. The number of Topliss-reactive ketones (excluding diaryl/α,β-unsaturated/α-hetero) is 1. The number of ether oxygens (including phenoxy) is 1. The summed E-state index contributed by atoms with van der Waals surface area (Å²) in [6.45, 7) is 2.31.